The number of nitrogens with one attached hydrogen (secondary N) is 7. The summed E-state index contributed by atoms with van der Waals surface area (Å²) in [4.78, 5) is 71.1. The number of sulfonamides is 2. The van der Waals surface area contributed by atoms with Gasteiger partial charge in [0.15, 0.2) is 9.84 Å². The number of unbranched alkanes of at least 4 members (excludes halogenated alkanes) is 1. The van der Waals surface area contributed by atoms with Gasteiger partial charge in [-0.2, -0.15) is 0 Å². The number of halogens is 6. The zero-order valence-corrected chi connectivity index (χ0v) is 77.1. The minimum Gasteiger partial charge on any atom is -0.480 e. The maximum Gasteiger partial charge on any atom is 0.329 e. The summed E-state index contributed by atoms with van der Waals surface area (Å²) < 4.78 is 125. The van der Waals surface area contributed by atoms with Gasteiger partial charge in [0.25, 0.3) is 0 Å². The van der Waals surface area contributed by atoms with Crippen LogP contribution in [-0.4, -0.2) is 259 Å². The molecule has 9 rings (SSSR count). The molecule has 1 unspecified atom stereocenters. The van der Waals surface area contributed by atoms with Crippen LogP contribution in [0.25, 0.3) is 0 Å². The second-order valence-electron chi connectivity index (χ2n) is 31.1. The van der Waals surface area contributed by atoms with E-state index in [1.165, 1.54) is 6.07 Å². The Morgan fingerprint density at radius 2 is 0.774 bits per heavy atom. The number of hydrogen-bond donors (Lipinski definition) is 8. The van der Waals surface area contributed by atoms with Crippen LogP contribution in [0.4, 0.5) is 9.59 Å². The van der Waals surface area contributed by atoms with Gasteiger partial charge in [-0.05, 0) is 195 Å². The molecule has 3 aliphatic heterocycles. The molecule has 0 saturated carbocycles. The maximum absolute atomic E-state index is 13.6. The monoisotopic (exact) mass is 1900 g/mol. The number of benzene rings is 6. The Morgan fingerprint density at radius 1 is 0.411 bits per heavy atom. The highest BCUT2D eigenvalue weighted by Gasteiger charge is 2.35. The van der Waals surface area contributed by atoms with Crippen LogP contribution >= 0.6 is 69.6 Å². The number of ketones is 1. The van der Waals surface area contributed by atoms with E-state index in [1.54, 1.807) is 66.7 Å². The molecule has 0 saturated heterocycles. The van der Waals surface area contributed by atoms with Crippen LogP contribution in [0.5, 0.6) is 0 Å². The van der Waals surface area contributed by atoms with Gasteiger partial charge >= 0.3 is 18.0 Å². The quantitative estimate of drug-likeness (QED) is 0.0164. The number of carboxylic acid groups (broad SMARTS) is 1. The Kier molecular flexibility index (Phi) is 41.8. The molecule has 0 bridgehead atoms. The third-order valence-electron chi connectivity index (χ3n) is 21.4. The number of Topliss-reactive ketones (excluding diaryl/α,β-unsaturated/α-hetero) is 1. The van der Waals surface area contributed by atoms with Crippen molar-refractivity contribution in [3.8, 4) is 0 Å². The zero-order chi connectivity index (χ0) is 89.2. The lowest BCUT2D eigenvalue weighted by atomic mass is 9.82. The molecule has 682 valence electrons. The molecule has 6 aromatic rings. The molecular weight excluding hydrogens is 1790 g/mol. The molecule has 8 N–H and O–H groups in total. The molecule has 5 amide bonds. The smallest absolute Gasteiger partial charge is 0.329 e. The molecule has 0 fully saturated rings. The Hall–Kier alpha value is -6.42. The number of sulfone groups is 1. The molecule has 29 nitrogen and oxygen atoms in total. The topological polar surface area (TPSA) is 367 Å². The molecule has 3 heterocycles. The summed E-state index contributed by atoms with van der Waals surface area (Å²) in [5, 5.41) is 26.8. The number of hydrogen-bond acceptors (Lipinski definition) is 21. The van der Waals surface area contributed by atoms with Crippen LogP contribution in [0.1, 0.15) is 138 Å². The van der Waals surface area contributed by atoms with E-state index in [1.807, 2.05) is 57.5 Å². The first-order valence-electron chi connectivity index (χ1n) is 41.5. The molecule has 124 heavy (non-hydrogen) atoms. The van der Waals surface area contributed by atoms with Crippen LogP contribution in [0.15, 0.2) is 124 Å². The van der Waals surface area contributed by atoms with Crippen molar-refractivity contribution in [2.75, 3.05) is 178 Å². The van der Waals surface area contributed by atoms with E-state index in [2.05, 4.69) is 50.7 Å². The number of ether oxygens (including phenoxy) is 7. The van der Waals surface area contributed by atoms with Crippen molar-refractivity contribution in [2.24, 2.45) is 0 Å². The summed E-state index contributed by atoms with van der Waals surface area (Å²) in [6.45, 7) is 5.35. The molecule has 38 heteroatoms. The van der Waals surface area contributed by atoms with Gasteiger partial charge in [-0.25, -0.2) is 49.1 Å². The van der Waals surface area contributed by atoms with Gasteiger partial charge in [-0.3, -0.25) is 9.59 Å². The highest BCUT2D eigenvalue weighted by molar-refractivity contribution is 7.91. The minimum atomic E-state index is -3.89. The summed E-state index contributed by atoms with van der Waals surface area (Å²) in [6.07, 6.45) is 3.84. The Balaban J connectivity index is 0.677. The summed E-state index contributed by atoms with van der Waals surface area (Å²) >= 11 is 38.9. The number of amides is 5. The third-order valence-corrected chi connectivity index (χ3v) is 27.8. The van der Waals surface area contributed by atoms with Crippen LogP contribution in [0.2, 0.25) is 30.1 Å². The van der Waals surface area contributed by atoms with Gasteiger partial charge in [0, 0.05) is 158 Å². The molecule has 0 aromatic heterocycles. The van der Waals surface area contributed by atoms with Gasteiger partial charge in [0.1, 0.15) is 19.0 Å². The lowest BCUT2D eigenvalue weighted by molar-refractivity contribution is -0.144. The van der Waals surface area contributed by atoms with Gasteiger partial charge in [0.2, 0.25) is 26.0 Å². The number of urea groups is 2. The number of nitrogens with zero attached hydrogens (tertiary/aromatic N) is 3. The van der Waals surface area contributed by atoms with E-state index in [4.69, 9.17) is 103 Å². The maximum atomic E-state index is 13.6. The van der Waals surface area contributed by atoms with E-state index in [9.17, 15) is 54.3 Å². The molecule has 4 atom stereocenters. The van der Waals surface area contributed by atoms with E-state index >= 15 is 0 Å². The lowest BCUT2D eigenvalue weighted by Crippen LogP contribution is -2.51. The zero-order valence-electron chi connectivity index (χ0n) is 70.1. The first kappa shape index (κ1) is 101. The number of carbonyl (C=O) groups is 5. The van der Waals surface area contributed by atoms with Crippen molar-refractivity contribution in [1.29, 1.82) is 0 Å². The molecule has 3 aliphatic rings. The van der Waals surface area contributed by atoms with E-state index in [0.29, 0.717) is 121 Å². The average molecular weight is 1900 g/mol. The second-order valence-corrected chi connectivity index (χ2v) is 39.3. The van der Waals surface area contributed by atoms with Crippen LogP contribution in [0.3, 0.4) is 0 Å². The first-order chi connectivity index (χ1) is 59.4. The van der Waals surface area contributed by atoms with Crippen molar-refractivity contribution in [3.63, 3.8) is 0 Å². The number of aliphatic carboxylic acids is 1. The standard InChI is InChI=1S/C86H114Cl6N10O19S3/c1-100-52-73(70-46-63(87)49-79(90)76(70)55-100)60-13-6-18-67(43-60)122(109,110)42-12-31-116-37-38-117-32-26-95-84(107)93-24-10-22-86(99-82(104)58-121-59-83(105)106,21-5-4-16-66(103)17-9-30-115-36-39-119-34-28-97-123(111,112)68-19-7-14-61(44-68)74-53-101(2)56-77-71(74)47-64(88)50-80(77)91)23-11-25-94-85(108)96-27-33-118-40-41-120-35-29-98-124(113,114)69-20-8-15-62(45-69)75-54-102(3)57-78-72(75)48-65(89)51-81(78)92/h6-8,13-15,18-20,43-51,73-75,97-98H,4-5,9-12,16-17,21-42,52-59H2,1-3H3,(H,99,104)(H,105,106)(H2,93,95,107)(H2,94,96,108)/t73-,74-,75-,86?/m0/s1. The van der Waals surface area contributed by atoms with E-state index in [0.717, 1.165) is 50.1 Å². The Morgan fingerprint density at radius 3 is 1.19 bits per heavy atom. The minimum absolute atomic E-state index is 0.00165. The molecular formula is C86H114Cl6N10O19S3. The summed E-state index contributed by atoms with van der Waals surface area (Å²) in [7, 11) is -5.46. The number of carbonyl (C=O) groups excluding carboxylic acids is 4. The lowest BCUT2D eigenvalue weighted by Gasteiger charge is -2.36. The van der Waals surface area contributed by atoms with Crippen molar-refractivity contribution in [1.82, 2.24) is 50.7 Å². The number of likely N-dealkylation sites (N-methyl/N-ethyl adjacent to an activating group) is 3. The average Bonchev–Trinajstić information content (AvgIpc) is 0.780. The Labute approximate surface area is 757 Å². The van der Waals surface area contributed by atoms with E-state index < -0.39 is 72.6 Å². The predicted molar refractivity (Wildman–Crippen MR) is 479 cm³/mol. The molecule has 0 radical (unpaired) electrons. The summed E-state index contributed by atoms with van der Waals surface area (Å²) in [5.74, 6) is -2.38. The highest BCUT2D eigenvalue weighted by atomic mass is 35.5. The summed E-state index contributed by atoms with van der Waals surface area (Å²) in [5.41, 5.74) is 7.29. The van der Waals surface area contributed by atoms with Crippen molar-refractivity contribution in [2.45, 2.75) is 128 Å². The first-order valence-corrected chi connectivity index (χ1v) is 48.4. The van der Waals surface area contributed by atoms with Crippen molar-refractivity contribution in [3.05, 3.63) is 189 Å². The molecule has 0 aliphatic carbocycles. The van der Waals surface area contributed by atoms with Crippen molar-refractivity contribution < 1.29 is 87.5 Å². The number of rotatable bonds is 55. The normalized spacial score (nSPS) is 16.2. The van der Waals surface area contributed by atoms with Crippen LogP contribution < -0.4 is 36.0 Å². The van der Waals surface area contributed by atoms with Gasteiger partial charge < -0.3 is 79.5 Å². The predicted octanol–water partition coefficient (Wildman–Crippen LogP) is 11.6. The molecule has 6 aromatic carbocycles. The fourth-order valence-electron chi connectivity index (χ4n) is 15.5. The van der Waals surface area contributed by atoms with Crippen LogP contribution in [0, 0.1) is 0 Å². The summed E-state index contributed by atoms with van der Waals surface area (Å²) in [6, 6.07) is 30.5. The second kappa shape index (κ2) is 51.1. The fourth-order valence-corrected chi connectivity index (χ4v) is 20.7. The molecule has 0 spiro atoms. The number of carboxylic acids is 1. The third kappa shape index (κ3) is 33.0. The van der Waals surface area contributed by atoms with Crippen LogP contribution in [-0.2, 0) is 97.1 Å². The highest BCUT2D eigenvalue weighted by Crippen LogP contribution is 2.43. The van der Waals surface area contributed by atoms with E-state index in [-0.39, 0.29) is 182 Å². The SMILES string of the molecule is CN1Cc2c(Cl)cc(Cl)cc2[C@H](c2cccc(S(=O)(=O)CCCOCCOCCNC(=O)NCCCC(CCCCC(=O)CCCOCCOCCNS(=O)(=O)c3cccc([C@@H]4CN(C)Cc5c(Cl)cc(Cl)cc54)c3)(CCCNC(=O)NCCOCCOCCNS(=O)(=O)c3cccc([C@@H]4CN(C)Cc5c(Cl)cc(Cl)cc54)c3)NC(=O)COCC(=O)O)c2)C1. The van der Waals surface area contributed by atoms with Gasteiger partial charge in [-0.15, -0.1) is 0 Å². The van der Waals surface area contributed by atoms with Gasteiger partial charge in [0.05, 0.1) is 86.5 Å². The van der Waals surface area contributed by atoms with Crippen molar-refractivity contribution >= 4 is 129 Å². The Bertz CT molecular complexity index is 4450. The fraction of sp³-hybridized carbons (Fsp3) is 0.523. The van der Waals surface area contributed by atoms with Gasteiger partial charge in [-0.1, -0.05) is 112 Å². The number of fused-ring (bicyclic) bond motifs is 3. The largest absolute Gasteiger partial charge is 0.480 e.